The summed E-state index contributed by atoms with van der Waals surface area (Å²) in [6.45, 7) is 4.18. The summed E-state index contributed by atoms with van der Waals surface area (Å²) < 4.78 is 0. The Morgan fingerprint density at radius 2 is 1.22 bits per heavy atom. The number of hydrogen-bond acceptors (Lipinski definition) is 2. The molecule has 0 amide bonds. The number of rotatable bonds is 4. The van der Waals surface area contributed by atoms with Gasteiger partial charge in [-0.25, -0.2) is 0 Å². The number of aliphatic carboxylic acids is 2. The smallest absolute Gasteiger partial charge is 0.307 e. The van der Waals surface area contributed by atoms with Crippen molar-refractivity contribution in [1.82, 2.24) is 0 Å². The van der Waals surface area contributed by atoms with Crippen LogP contribution in [0.3, 0.4) is 0 Å². The van der Waals surface area contributed by atoms with E-state index in [1.54, 1.807) is 0 Å². The van der Waals surface area contributed by atoms with Crippen molar-refractivity contribution in [2.24, 2.45) is 0 Å². The Kier molecular flexibility index (Phi) is 3.48. The van der Waals surface area contributed by atoms with Gasteiger partial charge in [0, 0.05) is 5.41 Å². The summed E-state index contributed by atoms with van der Waals surface area (Å²) in [5.74, 6) is -1.69. The van der Waals surface area contributed by atoms with Gasteiger partial charge in [-0.15, -0.1) is 0 Å². The highest BCUT2D eigenvalue weighted by atomic mass is 16.4. The fourth-order valence-electron chi connectivity index (χ4n) is 3.40. The summed E-state index contributed by atoms with van der Waals surface area (Å²) in [6.07, 6.45) is 0.00788. The van der Waals surface area contributed by atoms with Gasteiger partial charge >= 0.3 is 11.9 Å². The van der Waals surface area contributed by atoms with Gasteiger partial charge in [0.05, 0.1) is 12.8 Å². The van der Waals surface area contributed by atoms with Gasteiger partial charge in [-0.2, -0.15) is 0 Å². The highest BCUT2D eigenvalue weighted by molar-refractivity contribution is 5.82. The van der Waals surface area contributed by atoms with Gasteiger partial charge in [-0.1, -0.05) is 50.2 Å². The molecule has 118 valence electrons. The first-order chi connectivity index (χ1) is 10.8. The zero-order chi connectivity index (χ0) is 16.8. The normalized spacial score (nSPS) is 14.2. The fourth-order valence-corrected chi connectivity index (χ4v) is 3.40. The topological polar surface area (TPSA) is 74.6 Å². The van der Waals surface area contributed by atoms with Crippen LogP contribution in [0.25, 0.3) is 11.1 Å². The Hall–Kier alpha value is -2.62. The predicted octanol–water partition coefficient (Wildman–Crippen LogP) is 3.25. The third-order valence-corrected chi connectivity index (χ3v) is 4.52. The quantitative estimate of drug-likeness (QED) is 0.909. The summed E-state index contributed by atoms with van der Waals surface area (Å²) in [5, 5.41) is 18.0. The molecule has 23 heavy (non-hydrogen) atoms. The van der Waals surface area contributed by atoms with Gasteiger partial charge in [-0.3, -0.25) is 9.59 Å². The van der Waals surface area contributed by atoms with Crippen molar-refractivity contribution in [3.63, 3.8) is 0 Å². The van der Waals surface area contributed by atoms with Crippen LogP contribution in [0.5, 0.6) is 0 Å². The zero-order valence-electron chi connectivity index (χ0n) is 13.1. The van der Waals surface area contributed by atoms with E-state index in [4.69, 9.17) is 10.2 Å². The third-order valence-electron chi connectivity index (χ3n) is 4.52. The van der Waals surface area contributed by atoms with Crippen LogP contribution in [0.2, 0.25) is 0 Å². The van der Waals surface area contributed by atoms with Crippen LogP contribution < -0.4 is 0 Å². The van der Waals surface area contributed by atoms with E-state index >= 15 is 0 Å². The molecule has 3 rings (SSSR count). The average Bonchev–Trinajstić information content (AvgIpc) is 2.66. The lowest BCUT2D eigenvalue weighted by Crippen LogP contribution is -2.16. The monoisotopic (exact) mass is 310 g/mol. The number of benzene rings is 2. The maximum atomic E-state index is 10.9. The predicted molar refractivity (Wildman–Crippen MR) is 86.7 cm³/mol. The van der Waals surface area contributed by atoms with Crippen molar-refractivity contribution in [3.8, 4) is 11.1 Å². The molecule has 4 nitrogen and oxygen atoms in total. The van der Waals surface area contributed by atoms with Crippen LogP contribution in [-0.2, 0) is 27.8 Å². The Morgan fingerprint density at radius 3 is 1.57 bits per heavy atom. The molecule has 0 aliphatic heterocycles. The van der Waals surface area contributed by atoms with E-state index in [2.05, 4.69) is 13.8 Å². The average molecular weight is 310 g/mol. The van der Waals surface area contributed by atoms with Gasteiger partial charge in [-0.05, 0) is 33.4 Å². The van der Waals surface area contributed by atoms with E-state index in [-0.39, 0.29) is 18.3 Å². The molecule has 4 heteroatoms. The lowest BCUT2D eigenvalue weighted by Gasteiger charge is -2.22. The summed E-state index contributed by atoms with van der Waals surface area (Å²) in [4.78, 5) is 21.9. The molecule has 2 aromatic carbocycles. The van der Waals surface area contributed by atoms with Gasteiger partial charge in [0.25, 0.3) is 0 Å². The minimum Gasteiger partial charge on any atom is -0.481 e. The highest BCUT2D eigenvalue weighted by Crippen LogP contribution is 2.49. The highest BCUT2D eigenvalue weighted by Gasteiger charge is 2.35. The van der Waals surface area contributed by atoms with Crippen molar-refractivity contribution in [2.45, 2.75) is 32.1 Å². The van der Waals surface area contributed by atoms with Crippen molar-refractivity contribution >= 4 is 11.9 Å². The fraction of sp³-hybridized carbons (Fsp3) is 0.263. The number of carbonyl (C=O) groups is 2. The Bertz CT molecular complexity index is 751. The Labute approximate surface area is 134 Å². The minimum absolute atomic E-state index is 0.00394. The summed E-state index contributed by atoms with van der Waals surface area (Å²) >= 11 is 0. The molecule has 0 atom stereocenters. The molecule has 2 aromatic rings. The molecular formula is C19H18O4. The molecule has 0 saturated heterocycles. The lowest BCUT2D eigenvalue weighted by atomic mass is 9.81. The van der Waals surface area contributed by atoms with Crippen molar-refractivity contribution in [3.05, 3.63) is 58.7 Å². The molecule has 0 unspecified atom stereocenters. The molecule has 0 spiro atoms. The van der Waals surface area contributed by atoms with Gasteiger partial charge in [0.15, 0.2) is 0 Å². The van der Waals surface area contributed by atoms with Gasteiger partial charge in [0.1, 0.15) is 0 Å². The van der Waals surface area contributed by atoms with Crippen molar-refractivity contribution in [1.29, 1.82) is 0 Å². The molecule has 1 aliphatic rings. The molecule has 0 radical (unpaired) electrons. The summed E-state index contributed by atoms with van der Waals surface area (Å²) in [6, 6.07) is 11.6. The maximum Gasteiger partial charge on any atom is 0.307 e. The SMILES string of the molecule is CC1(C)c2cc(CC(=O)O)ccc2-c2ccc(CC(=O)O)cc21. The van der Waals surface area contributed by atoms with Crippen LogP contribution in [-0.4, -0.2) is 22.2 Å². The molecule has 0 aromatic heterocycles. The molecule has 0 fully saturated rings. The first-order valence-electron chi connectivity index (χ1n) is 7.50. The second kappa shape index (κ2) is 5.23. The molecule has 1 aliphatic carbocycles. The maximum absolute atomic E-state index is 10.9. The molecular weight excluding hydrogens is 292 g/mol. The second-order valence-electron chi connectivity index (χ2n) is 6.53. The third kappa shape index (κ3) is 2.61. The molecule has 0 saturated carbocycles. The largest absolute Gasteiger partial charge is 0.481 e. The summed E-state index contributed by atoms with van der Waals surface area (Å²) in [5.41, 5.74) is 5.68. The van der Waals surface area contributed by atoms with E-state index in [0.29, 0.717) is 0 Å². The number of hydrogen-bond donors (Lipinski definition) is 2. The Balaban J connectivity index is 2.09. The Morgan fingerprint density at radius 1 is 0.826 bits per heavy atom. The van der Waals surface area contributed by atoms with Crippen LogP contribution in [0.4, 0.5) is 0 Å². The van der Waals surface area contributed by atoms with E-state index < -0.39 is 11.9 Å². The van der Waals surface area contributed by atoms with E-state index in [9.17, 15) is 9.59 Å². The lowest BCUT2D eigenvalue weighted by molar-refractivity contribution is -0.137. The first-order valence-corrected chi connectivity index (χ1v) is 7.50. The van der Waals surface area contributed by atoms with Gasteiger partial charge < -0.3 is 10.2 Å². The number of carboxylic acid groups (broad SMARTS) is 2. The van der Waals surface area contributed by atoms with E-state index in [1.165, 1.54) is 0 Å². The van der Waals surface area contributed by atoms with Crippen molar-refractivity contribution in [2.75, 3.05) is 0 Å². The van der Waals surface area contributed by atoms with Crippen LogP contribution in [0, 0.1) is 0 Å². The summed E-state index contributed by atoms with van der Waals surface area (Å²) in [7, 11) is 0. The number of carboxylic acids is 2. The minimum atomic E-state index is -0.845. The standard InChI is InChI=1S/C19H18O4/c1-19(2)15-7-11(9-17(20)21)3-5-13(15)14-6-4-12(8-16(14)19)10-18(22)23/h3-8H,9-10H2,1-2H3,(H,20,21)(H,22,23). The zero-order valence-corrected chi connectivity index (χ0v) is 13.1. The van der Waals surface area contributed by atoms with Crippen molar-refractivity contribution < 1.29 is 19.8 Å². The molecule has 2 N–H and O–H groups in total. The van der Waals surface area contributed by atoms with Gasteiger partial charge in [0.2, 0.25) is 0 Å². The van der Waals surface area contributed by atoms with Crippen LogP contribution >= 0.6 is 0 Å². The molecule has 0 heterocycles. The molecule has 0 bridgehead atoms. The van der Waals surface area contributed by atoms with E-state index in [1.807, 2.05) is 36.4 Å². The number of fused-ring (bicyclic) bond motifs is 3. The van der Waals surface area contributed by atoms with E-state index in [0.717, 1.165) is 33.4 Å². The van der Waals surface area contributed by atoms with Crippen LogP contribution in [0.15, 0.2) is 36.4 Å². The first kappa shape index (κ1) is 15.3. The van der Waals surface area contributed by atoms with Crippen LogP contribution in [0.1, 0.15) is 36.1 Å². The second-order valence-corrected chi connectivity index (χ2v) is 6.53.